The first-order valence-electron chi connectivity index (χ1n) is 8.38. The van der Waals surface area contributed by atoms with Crippen molar-refractivity contribution < 1.29 is 9.18 Å². The van der Waals surface area contributed by atoms with Crippen molar-refractivity contribution >= 4 is 18.3 Å². The summed E-state index contributed by atoms with van der Waals surface area (Å²) in [5.41, 5.74) is 0.278. The molecule has 1 amide bonds. The Hall–Kier alpha value is -2.25. The highest BCUT2D eigenvalue weighted by atomic mass is 35.5. The number of hydrogen-bond donors (Lipinski definition) is 1. The van der Waals surface area contributed by atoms with Gasteiger partial charge in [0.1, 0.15) is 11.5 Å². The van der Waals surface area contributed by atoms with Crippen LogP contribution in [0.5, 0.6) is 0 Å². The van der Waals surface area contributed by atoms with Crippen LogP contribution in [0.3, 0.4) is 0 Å². The van der Waals surface area contributed by atoms with Crippen LogP contribution in [0.2, 0.25) is 0 Å². The van der Waals surface area contributed by atoms with Gasteiger partial charge in [0.25, 0.3) is 11.5 Å². The van der Waals surface area contributed by atoms with Gasteiger partial charge in [0, 0.05) is 19.2 Å². The van der Waals surface area contributed by atoms with Gasteiger partial charge in [0.05, 0.1) is 5.69 Å². The molecule has 0 aliphatic carbocycles. The Balaban J connectivity index is 0.00000243. The fraction of sp³-hybridized carbons (Fsp3) is 0.389. The zero-order valence-electron chi connectivity index (χ0n) is 14.5. The lowest BCUT2D eigenvalue weighted by Gasteiger charge is -2.31. The number of aromatic nitrogens is 2. The fourth-order valence-corrected chi connectivity index (χ4v) is 3.08. The van der Waals surface area contributed by atoms with Crippen molar-refractivity contribution in [2.24, 2.45) is 5.92 Å². The van der Waals surface area contributed by atoms with E-state index in [2.05, 4.69) is 10.4 Å². The van der Waals surface area contributed by atoms with E-state index in [1.54, 1.807) is 4.90 Å². The topological polar surface area (TPSA) is 67.2 Å². The third-order valence-corrected chi connectivity index (χ3v) is 4.49. The van der Waals surface area contributed by atoms with E-state index < -0.39 is 5.82 Å². The van der Waals surface area contributed by atoms with E-state index in [1.165, 1.54) is 36.4 Å². The average molecular weight is 381 g/mol. The van der Waals surface area contributed by atoms with Gasteiger partial charge in [-0.05, 0) is 62.7 Å². The van der Waals surface area contributed by atoms with E-state index in [0.29, 0.717) is 24.7 Å². The first-order chi connectivity index (χ1) is 12.1. The molecule has 2 heterocycles. The molecule has 1 N–H and O–H groups in total. The summed E-state index contributed by atoms with van der Waals surface area (Å²) in [6.07, 6.45) is 1.90. The molecule has 1 aliphatic heterocycles. The Morgan fingerprint density at radius 3 is 2.46 bits per heavy atom. The predicted molar refractivity (Wildman–Crippen MR) is 99.6 cm³/mol. The highest BCUT2D eigenvalue weighted by Crippen LogP contribution is 2.18. The summed E-state index contributed by atoms with van der Waals surface area (Å²) in [6, 6.07) is 8.19. The summed E-state index contributed by atoms with van der Waals surface area (Å²) < 4.78 is 14.2. The Kier molecular flexibility index (Phi) is 6.88. The summed E-state index contributed by atoms with van der Waals surface area (Å²) in [7, 11) is 1.93. The maximum absolute atomic E-state index is 13.1. The summed E-state index contributed by atoms with van der Waals surface area (Å²) >= 11 is 0. The summed E-state index contributed by atoms with van der Waals surface area (Å²) in [5.74, 6) is 0.00224. The largest absolute Gasteiger partial charge is 0.337 e. The van der Waals surface area contributed by atoms with Crippen molar-refractivity contribution in [3.05, 3.63) is 58.3 Å². The van der Waals surface area contributed by atoms with Gasteiger partial charge in [-0.2, -0.15) is 9.78 Å². The van der Waals surface area contributed by atoms with Gasteiger partial charge in [-0.15, -0.1) is 12.4 Å². The van der Waals surface area contributed by atoms with E-state index in [1.807, 2.05) is 7.05 Å². The lowest BCUT2D eigenvalue weighted by Crippen LogP contribution is -2.41. The smallest absolute Gasteiger partial charge is 0.274 e. The monoisotopic (exact) mass is 380 g/mol. The zero-order chi connectivity index (χ0) is 17.8. The SMILES string of the molecule is CNCC1CCN(C(=O)c2ccc(=O)n(-c3ccc(F)cc3)n2)CC1.Cl. The van der Waals surface area contributed by atoms with Gasteiger partial charge < -0.3 is 10.2 Å². The van der Waals surface area contributed by atoms with Gasteiger partial charge >= 0.3 is 0 Å². The first kappa shape index (κ1) is 20.1. The van der Waals surface area contributed by atoms with Gasteiger partial charge in [-0.1, -0.05) is 0 Å². The number of benzene rings is 1. The van der Waals surface area contributed by atoms with E-state index in [4.69, 9.17) is 0 Å². The van der Waals surface area contributed by atoms with E-state index >= 15 is 0 Å². The highest BCUT2D eigenvalue weighted by Gasteiger charge is 2.24. The van der Waals surface area contributed by atoms with Crippen molar-refractivity contribution in [3.8, 4) is 5.69 Å². The van der Waals surface area contributed by atoms with Gasteiger partial charge in [0.2, 0.25) is 0 Å². The molecule has 1 aromatic heterocycles. The Morgan fingerprint density at radius 2 is 1.85 bits per heavy atom. The zero-order valence-corrected chi connectivity index (χ0v) is 15.3. The minimum Gasteiger partial charge on any atom is -0.337 e. The summed E-state index contributed by atoms with van der Waals surface area (Å²) in [5, 5.41) is 7.35. The molecule has 26 heavy (non-hydrogen) atoms. The Morgan fingerprint density at radius 1 is 1.19 bits per heavy atom. The fourth-order valence-electron chi connectivity index (χ4n) is 3.08. The van der Waals surface area contributed by atoms with E-state index in [0.717, 1.165) is 24.1 Å². The molecule has 0 atom stereocenters. The standard InChI is InChI=1S/C18H21FN4O2.ClH/c1-20-12-13-8-10-22(11-9-13)18(25)16-6-7-17(24)23(21-16)15-4-2-14(19)3-5-15;/h2-7,13,20H,8-12H2,1H3;1H. The lowest BCUT2D eigenvalue weighted by molar-refractivity contribution is 0.0683. The maximum Gasteiger partial charge on any atom is 0.274 e. The number of amides is 1. The summed E-state index contributed by atoms with van der Waals surface area (Å²) in [4.78, 5) is 26.5. The van der Waals surface area contributed by atoms with Crippen molar-refractivity contribution in [2.75, 3.05) is 26.7 Å². The molecule has 0 unspecified atom stereocenters. The molecule has 1 aromatic carbocycles. The van der Waals surface area contributed by atoms with Crippen LogP contribution in [-0.2, 0) is 0 Å². The molecular formula is C18H22ClFN4O2. The third kappa shape index (κ3) is 4.47. The second-order valence-electron chi connectivity index (χ2n) is 6.24. The van der Waals surface area contributed by atoms with Crippen LogP contribution in [0, 0.1) is 11.7 Å². The molecule has 0 radical (unpaired) electrons. The van der Waals surface area contributed by atoms with Gasteiger partial charge in [-0.25, -0.2) is 4.39 Å². The number of nitrogens with one attached hydrogen (secondary N) is 1. The molecule has 1 fully saturated rings. The maximum atomic E-state index is 13.1. The number of rotatable bonds is 4. The first-order valence-corrected chi connectivity index (χ1v) is 8.38. The van der Waals surface area contributed by atoms with Crippen molar-refractivity contribution in [1.29, 1.82) is 0 Å². The van der Waals surface area contributed by atoms with Crippen LogP contribution < -0.4 is 10.9 Å². The van der Waals surface area contributed by atoms with Crippen molar-refractivity contribution in [2.45, 2.75) is 12.8 Å². The van der Waals surface area contributed by atoms with Gasteiger partial charge in [0.15, 0.2) is 0 Å². The van der Waals surface area contributed by atoms with Crippen LogP contribution in [-0.4, -0.2) is 47.3 Å². The highest BCUT2D eigenvalue weighted by molar-refractivity contribution is 5.92. The average Bonchev–Trinajstić information content (AvgIpc) is 2.63. The Bertz CT molecular complexity index is 802. The molecule has 1 aliphatic rings. The molecule has 0 saturated carbocycles. The molecular weight excluding hydrogens is 359 g/mol. The van der Waals surface area contributed by atoms with Crippen LogP contribution >= 0.6 is 12.4 Å². The molecule has 2 aromatic rings. The van der Waals surface area contributed by atoms with Gasteiger partial charge in [-0.3, -0.25) is 9.59 Å². The number of piperidine rings is 1. The quantitative estimate of drug-likeness (QED) is 0.879. The second kappa shape index (κ2) is 8.91. The van der Waals surface area contributed by atoms with E-state index in [9.17, 15) is 14.0 Å². The normalized spacial score (nSPS) is 14.8. The minimum atomic E-state index is -0.395. The molecule has 0 bridgehead atoms. The number of carbonyl (C=O) groups is 1. The number of nitrogens with zero attached hydrogens (tertiary/aromatic N) is 3. The molecule has 3 rings (SSSR count). The molecule has 1 saturated heterocycles. The number of halogens is 2. The number of likely N-dealkylation sites (tertiary alicyclic amines) is 1. The van der Waals surface area contributed by atoms with Crippen LogP contribution in [0.4, 0.5) is 4.39 Å². The molecule has 140 valence electrons. The second-order valence-corrected chi connectivity index (χ2v) is 6.24. The van der Waals surface area contributed by atoms with Crippen LogP contribution in [0.15, 0.2) is 41.2 Å². The molecule has 0 spiro atoms. The predicted octanol–water partition coefficient (Wildman–Crippen LogP) is 1.86. The van der Waals surface area contributed by atoms with Crippen LogP contribution in [0.25, 0.3) is 5.69 Å². The number of hydrogen-bond acceptors (Lipinski definition) is 4. The minimum absolute atomic E-state index is 0. The third-order valence-electron chi connectivity index (χ3n) is 4.49. The van der Waals surface area contributed by atoms with Crippen molar-refractivity contribution in [1.82, 2.24) is 20.0 Å². The lowest BCUT2D eigenvalue weighted by atomic mass is 9.96. The number of carbonyl (C=O) groups excluding carboxylic acids is 1. The van der Waals surface area contributed by atoms with Crippen molar-refractivity contribution in [3.63, 3.8) is 0 Å². The summed E-state index contributed by atoms with van der Waals surface area (Å²) in [6.45, 7) is 2.32. The molecule has 6 nitrogen and oxygen atoms in total. The van der Waals surface area contributed by atoms with E-state index in [-0.39, 0.29) is 29.6 Å². The van der Waals surface area contributed by atoms with Crippen LogP contribution in [0.1, 0.15) is 23.3 Å². The molecule has 8 heteroatoms. The Labute approximate surface area is 157 Å².